The molecular weight excluding hydrogens is 214 g/mol. The first-order valence-electron chi connectivity index (χ1n) is 7.29. The number of ether oxygens (including phenoxy) is 1. The summed E-state index contributed by atoms with van der Waals surface area (Å²) in [6.45, 7) is 4.72. The average molecular weight is 243 g/mol. The Hall–Kier alpha value is -0.440. The van der Waals surface area contributed by atoms with E-state index in [1.807, 2.05) is 6.92 Å². The van der Waals surface area contributed by atoms with Crippen LogP contribution in [0.2, 0.25) is 0 Å². The van der Waals surface area contributed by atoms with Crippen molar-refractivity contribution in [3.8, 4) is 0 Å². The quantitative estimate of drug-likeness (QED) is 0.336. The number of nitrogens with zero attached hydrogens (tertiary/aromatic N) is 1. The van der Waals surface area contributed by atoms with Crippen LogP contribution in [-0.2, 0) is 4.74 Å². The zero-order valence-electron chi connectivity index (χ0n) is 11.6. The van der Waals surface area contributed by atoms with Crippen LogP contribution >= 0.6 is 0 Å². The van der Waals surface area contributed by atoms with Gasteiger partial charge in [-0.15, -0.1) is 4.91 Å². The van der Waals surface area contributed by atoms with E-state index >= 15 is 0 Å². The minimum absolute atomic E-state index is 0.412. The minimum atomic E-state index is -0.412. The van der Waals surface area contributed by atoms with Crippen molar-refractivity contribution in [1.29, 1.82) is 0 Å². The summed E-state index contributed by atoms with van der Waals surface area (Å²) < 4.78 is 5.18. The average Bonchev–Trinajstić information content (AvgIpc) is 2.35. The van der Waals surface area contributed by atoms with Crippen LogP contribution in [-0.4, -0.2) is 12.8 Å². The topological polar surface area (TPSA) is 38.7 Å². The van der Waals surface area contributed by atoms with Crippen molar-refractivity contribution in [2.24, 2.45) is 5.18 Å². The summed E-state index contributed by atoms with van der Waals surface area (Å²) in [5.74, 6) is 0. The summed E-state index contributed by atoms with van der Waals surface area (Å²) in [4.78, 5) is 10.4. The third-order valence-corrected chi connectivity index (χ3v) is 3.03. The highest BCUT2D eigenvalue weighted by atomic mass is 16.5. The van der Waals surface area contributed by atoms with Gasteiger partial charge in [-0.2, -0.15) is 0 Å². The number of rotatable bonds is 13. The lowest BCUT2D eigenvalue weighted by Crippen LogP contribution is -2.08. The molecular formula is C14H29NO2. The molecule has 0 aliphatic rings. The SMILES string of the molecule is CCCCCCCCCCCC(N=O)OCC. The highest BCUT2D eigenvalue weighted by Crippen LogP contribution is 2.12. The van der Waals surface area contributed by atoms with E-state index < -0.39 is 6.23 Å². The lowest BCUT2D eigenvalue weighted by molar-refractivity contribution is 0.0602. The standard InChI is InChI=1S/C14H29NO2/c1-3-5-6-7-8-9-10-11-12-13-14(15-16)17-4-2/h14H,3-13H2,1-2H3. The largest absolute Gasteiger partial charge is 0.353 e. The van der Waals surface area contributed by atoms with E-state index in [0.717, 1.165) is 12.8 Å². The molecule has 1 atom stereocenters. The maximum atomic E-state index is 10.4. The van der Waals surface area contributed by atoms with Crippen molar-refractivity contribution in [3.05, 3.63) is 4.91 Å². The fourth-order valence-electron chi connectivity index (χ4n) is 1.99. The second-order valence-electron chi connectivity index (χ2n) is 4.63. The first-order valence-corrected chi connectivity index (χ1v) is 7.29. The molecule has 0 bridgehead atoms. The van der Waals surface area contributed by atoms with Gasteiger partial charge in [0, 0.05) is 6.61 Å². The fourth-order valence-corrected chi connectivity index (χ4v) is 1.99. The Morgan fingerprint density at radius 3 is 1.88 bits per heavy atom. The van der Waals surface area contributed by atoms with Crippen LogP contribution in [0.15, 0.2) is 5.18 Å². The molecule has 3 heteroatoms. The fraction of sp³-hybridized carbons (Fsp3) is 1.00. The predicted octanol–water partition coefficient (Wildman–Crippen LogP) is 5.04. The van der Waals surface area contributed by atoms with Crippen LogP contribution in [0.25, 0.3) is 0 Å². The van der Waals surface area contributed by atoms with Gasteiger partial charge in [-0.25, -0.2) is 0 Å². The highest BCUT2D eigenvalue weighted by Gasteiger charge is 2.06. The first kappa shape index (κ1) is 16.6. The van der Waals surface area contributed by atoms with Gasteiger partial charge in [-0.1, -0.05) is 58.3 Å². The molecule has 0 spiro atoms. The Balaban J connectivity index is 3.14. The van der Waals surface area contributed by atoms with Crippen molar-refractivity contribution in [2.45, 2.75) is 84.3 Å². The molecule has 17 heavy (non-hydrogen) atoms. The van der Waals surface area contributed by atoms with E-state index in [2.05, 4.69) is 12.1 Å². The van der Waals surface area contributed by atoms with E-state index in [1.54, 1.807) is 0 Å². The molecule has 0 aromatic rings. The van der Waals surface area contributed by atoms with Crippen molar-refractivity contribution in [3.63, 3.8) is 0 Å². The van der Waals surface area contributed by atoms with Crippen molar-refractivity contribution < 1.29 is 4.74 Å². The molecule has 0 heterocycles. The lowest BCUT2D eigenvalue weighted by atomic mass is 10.1. The molecule has 0 aliphatic heterocycles. The van der Waals surface area contributed by atoms with Crippen molar-refractivity contribution >= 4 is 0 Å². The summed E-state index contributed by atoms with van der Waals surface area (Å²) in [5.41, 5.74) is 0. The van der Waals surface area contributed by atoms with Gasteiger partial charge in [0.05, 0.1) is 0 Å². The molecule has 0 amide bonds. The highest BCUT2D eigenvalue weighted by molar-refractivity contribution is 4.54. The van der Waals surface area contributed by atoms with Crippen LogP contribution in [0.3, 0.4) is 0 Å². The Kier molecular flexibility index (Phi) is 13.3. The molecule has 0 radical (unpaired) electrons. The van der Waals surface area contributed by atoms with Gasteiger partial charge in [-0.05, 0) is 24.9 Å². The molecule has 3 nitrogen and oxygen atoms in total. The second-order valence-corrected chi connectivity index (χ2v) is 4.63. The monoisotopic (exact) mass is 243 g/mol. The molecule has 0 saturated carbocycles. The number of unbranched alkanes of at least 4 members (excludes halogenated alkanes) is 8. The Bertz CT molecular complexity index is 162. The molecule has 0 aromatic heterocycles. The molecule has 0 aliphatic carbocycles. The van der Waals surface area contributed by atoms with E-state index in [9.17, 15) is 4.91 Å². The predicted molar refractivity (Wildman–Crippen MR) is 73.1 cm³/mol. The van der Waals surface area contributed by atoms with E-state index in [4.69, 9.17) is 4.74 Å². The Morgan fingerprint density at radius 2 is 1.41 bits per heavy atom. The normalized spacial score (nSPS) is 12.6. The van der Waals surface area contributed by atoms with Gasteiger partial charge in [-0.3, -0.25) is 0 Å². The molecule has 1 unspecified atom stereocenters. The van der Waals surface area contributed by atoms with Gasteiger partial charge in [0.15, 0.2) is 6.23 Å². The van der Waals surface area contributed by atoms with Gasteiger partial charge in [0.25, 0.3) is 0 Å². The summed E-state index contributed by atoms with van der Waals surface area (Å²) in [5, 5.41) is 2.97. The zero-order chi connectivity index (χ0) is 12.8. The summed E-state index contributed by atoms with van der Waals surface area (Å²) in [6, 6.07) is 0. The molecule has 102 valence electrons. The van der Waals surface area contributed by atoms with Gasteiger partial charge >= 0.3 is 0 Å². The Morgan fingerprint density at radius 1 is 0.882 bits per heavy atom. The zero-order valence-corrected chi connectivity index (χ0v) is 11.6. The van der Waals surface area contributed by atoms with E-state index in [0.29, 0.717) is 6.61 Å². The van der Waals surface area contributed by atoms with E-state index in [1.165, 1.54) is 51.4 Å². The molecule has 0 rings (SSSR count). The van der Waals surface area contributed by atoms with Crippen LogP contribution < -0.4 is 0 Å². The smallest absolute Gasteiger partial charge is 0.189 e. The van der Waals surface area contributed by atoms with Crippen molar-refractivity contribution in [1.82, 2.24) is 0 Å². The van der Waals surface area contributed by atoms with Gasteiger partial charge in [0.1, 0.15) is 0 Å². The number of hydrogen-bond acceptors (Lipinski definition) is 3. The van der Waals surface area contributed by atoms with Crippen LogP contribution in [0, 0.1) is 4.91 Å². The van der Waals surface area contributed by atoms with Crippen LogP contribution in [0.5, 0.6) is 0 Å². The van der Waals surface area contributed by atoms with Gasteiger partial charge in [0.2, 0.25) is 0 Å². The van der Waals surface area contributed by atoms with E-state index in [-0.39, 0.29) is 0 Å². The number of hydrogen-bond donors (Lipinski definition) is 0. The molecule has 0 aromatic carbocycles. The summed E-state index contributed by atoms with van der Waals surface area (Å²) in [7, 11) is 0. The Labute approximate surface area is 106 Å². The maximum Gasteiger partial charge on any atom is 0.189 e. The third kappa shape index (κ3) is 11.8. The first-order chi connectivity index (χ1) is 8.35. The lowest BCUT2D eigenvalue weighted by Gasteiger charge is -2.08. The van der Waals surface area contributed by atoms with Gasteiger partial charge < -0.3 is 4.74 Å². The minimum Gasteiger partial charge on any atom is -0.353 e. The molecule has 0 fully saturated rings. The molecule has 0 saturated heterocycles. The number of nitroso groups, excluding NO2 is 1. The van der Waals surface area contributed by atoms with Crippen LogP contribution in [0.4, 0.5) is 0 Å². The summed E-state index contributed by atoms with van der Waals surface area (Å²) >= 11 is 0. The van der Waals surface area contributed by atoms with Crippen molar-refractivity contribution in [2.75, 3.05) is 6.61 Å². The van der Waals surface area contributed by atoms with Crippen LogP contribution in [0.1, 0.15) is 78.1 Å². The molecule has 0 N–H and O–H groups in total. The third-order valence-electron chi connectivity index (χ3n) is 3.03. The summed E-state index contributed by atoms with van der Waals surface area (Å²) in [6.07, 6.45) is 12.1. The second kappa shape index (κ2) is 13.6. The maximum absolute atomic E-state index is 10.4.